The molecule has 2 aliphatic rings. The van der Waals surface area contributed by atoms with Gasteiger partial charge in [0.2, 0.25) is 0 Å². The fraction of sp³-hybridized carbons (Fsp3) is 1.00. The fourth-order valence-electron chi connectivity index (χ4n) is 3.29. The minimum Gasteiger partial charge on any atom is -0.369 e. The van der Waals surface area contributed by atoms with Crippen molar-refractivity contribution in [3.63, 3.8) is 0 Å². The molecule has 0 spiro atoms. The van der Waals surface area contributed by atoms with Crippen molar-refractivity contribution < 1.29 is 9.47 Å². The maximum atomic E-state index is 6.16. The van der Waals surface area contributed by atoms with Gasteiger partial charge >= 0.3 is 0 Å². The van der Waals surface area contributed by atoms with E-state index in [4.69, 9.17) is 9.47 Å². The first-order valence-electron chi connectivity index (χ1n) is 5.80. The lowest BCUT2D eigenvalue weighted by Crippen LogP contribution is -2.45. The predicted octanol–water partition coefficient (Wildman–Crippen LogP) is 2.61. The van der Waals surface area contributed by atoms with Crippen LogP contribution in [0, 0.1) is 11.8 Å². The zero-order chi connectivity index (χ0) is 10.5. The molecule has 0 N–H and O–H groups in total. The van der Waals surface area contributed by atoms with Gasteiger partial charge in [0.1, 0.15) is 0 Å². The molecule has 2 heteroatoms. The Balaban J connectivity index is 2.22. The lowest BCUT2D eigenvalue weighted by atomic mass is 9.80. The molecule has 0 aliphatic carbocycles. The van der Waals surface area contributed by atoms with Gasteiger partial charge in [-0.05, 0) is 26.2 Å². The highest BCUT2D eigenvalue weighted by Gasteiger charge is 2.61. The maximum Gasteiger partial charge on any atom is 0.0998 e. The van der Waals surface area contributed by atoms with E-state index in [-0.39, 0.29) is 17.8 Å². The topological polar surface area (TPSA) is 18.5 Å². The molecule has 2 rings (SSSR count). The molecule has 2 aliphatic heterocycles. The average Bonchev–Trinajstić information content (AvgIpc) is 2.40. The summed E-state index contributed by atoms with van der Waals surface area (Å²) in [5, 5.41) is 0. The normalized spacial score (nSPS) is 51.9. The number of hydrogen-bond acceptors (Lipinski definition) is 2. The summed E-state index contributed by atoms with van der Waals surface area (Å²) < 4.78 is 12.1. The Morgan fingerprint density at radius 2 is 1.86 bits per heavy atom. The van der Waals surface area contributed by atoms with Gasteiger partial charge in [-0.25, -0.2) is 0 Å². The average molecular weight is 198 g/mol. The summed E-state index contributed by atoms with van der Waals surface area (Å²) in [6.07, 6.45) is 1.99. The molecule has 2 saturated heterocycles. The highest BCUT2D eigenvalue weighted by molar-refractivity contribution is 5.08. The van der Waals surface area contributed by atoms with Crippen LogP contribution in [0.2, 0.25) is 0 Å². The molecule has 2 heterocycles. The minimum absolute atomic E-state index is 0.00174. The van der Waals surface area contributed by atoms with Crippen LogP contribution in [0.25, 0.3) is 0 Å². The van der Waals surface area contributed by atoms with Crippen LogP contribution < -0.4 is 0 Å². The molecule has 2 nitrogen and oxygen atoms in total. The van der Waals surface area contributed by atoms with Gasteiger partial charge in [-0.1, -0.05) is 20.8 Å². The Kier molecular flexibility index (Phi) is 2.39. The van der Waals surface area contributed by atoms with Crippen LogP contribution in [0.1, 0.15) is 41.0 Å². The second kappa shape index (κ2) is 3.21. The number of rotatable bonds is 2. The van der Waals surface area contributed by atoms with Crippen LogP contribution in [-0.4, -0.2) is 23.9 Å². The van der Waals surface area contributed by atoms with Crippen LogP contribution in [-0.2, 0) is 9.47 Å². The van der Waals surface area contributed by atoms with Crippen molar-refractivity contribution in [1.29, 1.82) is 0 Å². The zero-order valence-electron chi connectivity index (χ0n) is 9.91. The molecule has 0 aromatic rings. The molecule has 82 valence electrons. The van der Waals surface area contributed by atoms with Crippen molar-refractivity contribution >= 4 is 0 Å². The third-order valence-electron chi connectivity index (χ3n) is 3.91. The fourth-order valence-corrected chi connectivity index (χ4v) is 3.29. The van der Waals surface area contributed by atoms with Gasteiger partial charge in [0, 0.05) is 5.92 Å². The van der Waals surface area contributed by atoms with E-state index in [1.165, 1.54) is 0 Å². The zero-order valence-corrected chi connectivity index (χ0v) is 9.91. The van der Waals surface area contributed by atoms with Crippen LogP contribution in [0.5, 0.6) is 0 Å². The predicted molar refractivity (Wildman–Crippen MR) is 56.2 cm³/mol. The molecule has 0 amide bonds. The monoisotopic (exact) mass is 198 g/mol. The Hall–Kier alpha value is -0.0800. The number of hydrogen-bond donors (Lipinski definition) is 0. The van der Waals surface area contributed by atoms with Crippen molar-refractivity contribution in [1.82, 2.24) is 0 Å². The molecule has 2 fully saturated rings. The second-order valence-corrected chi connectivity index (χ2v) is 5.41. The Bertz CT molecular complexity index is 226. The summed E-state index contributed by atoms with van der Waals surface area (Å²) in [6, 6.07) is 0. The van der Waals surface area contributed by atoms with Crippen LogP contribution in [0.4, 0.5) is 0 Å². The van der Waals surface area contributed by atoms with Crippen molar-refractivity contribution in [2.45, 2.75) is 65.0 Å². The van der Waals surface area contributed by atoms with Gasteiger partial charge < -0.3 is 9.47 Å². The minimum atomic E-state index is -0.00174. The SMILES string of the molecule is CC(C)C[C@]12O[C@@H](C)[C@H](OC1C)[C@@H]2C. The highest BCUT2D eigenvalue weighted by atomic mass is 16.6. The van der Waals surface area contributed by atoms with Crippen molar-refractivity contribution in [3.8, 4) is 0 Å². The van der Waals surface area contributed by atoms with Gasteiger partial charge in [0.25, 0.3) is 0 Å². The van der Waals surface area contributed by atoms with Crippen LogP contribution >= 0.6 is 0 Å². The molecular weight excluding hydrogens is 176 g/mol. The Morgan fingerprint density at radius 1 is 1.21 bits per heavy atom. The molecule has 5 atom stereocenters. The molecule has 0 saturated carbocycles. The molecular formula is C12H22O2. The summed E-state index contributed by atoms with van der Waals surface area (Å²) in [5.41, 5.74) is -0.00174. The largest absolute Gasteiger partial charge is 0.369 e. The summed E-state index contributed by atoms with van der Waals surface area (Å²) in [6.45, 7) is 11.1. The quantitative estimate of drug-likeness (QED) is 0.679. The van der Waals surface area contributed by atoms with E-state index >= 15 is 0 Å². The summed E-state index contributed by atoms with van der Waals surface area (Å²) in [4.78, 5) is 0. The van der Waals surface area contributed by atoms with Crippen LogP contribution in [0.15, 0.2) is 0 Å². The van der Waals surface area contributed by atoms with Crippen molar-refractivity contribution in [2.24, 2.45) is 11.8 Å². The second-order valence-electron chi connectivity index (χ2n) is 5.41. The standard InChI is InChI=1S/C12H22O2/c1-7(2)6-12-8(3)11(9(4)14-12)13-10(12)5/h7-11H,6H2,1-5H3/t8-,9-,10?,11+,12+/m0/s1. The van der Waals surface area contributed by atoms with E-state index in [9.17, 15) is 0 Å². The molecule has 1 unspecified atom stereocenters. The first kappa shape index (κ1) is 10.4. The summed E-state index contributed by atoms with van der Waals surface area (Å²) >= 11 is 0. The Morgan fingerprint density at radius 3 is 2.29 bits per heavy atom. The molecule has 0 aromatic carbocycles. The molecule has 2 bridgehead atoms. The van der Waals surface area contributed by atoms with Crippen molar-refractivity contribution in [3.05, 3.63) is 0 Å². The third kappa shape index (κ3) is 1.24. The molecule has 0 aromatic heterocycles. The van der Waals surface area contributed by atoms with E-state index in [1.54, 1.807) is 0 Å². The van der Waals surface area contributed by atoms with Gasteiger partial charge in [-0.3, -0.25) is 0 Å². The summed E-state index contributed by atoms with van der Waals surface area (Å²) in [7, 11) is 0. The van der Waals surface area contributed by atoms with E-state index < -0.39 is 0 Å². The smallest absolute Gasteiger partial charge is 0.0998 e. The Labute approximate surface area is 87.0 Å². The molecule has 0 radical (unpaired) electrons. The number of ether oxygens (including phenoxy) is 2. The summed E-state index contributed by atoms with van der Waals surface area (Å²) in [5.74, 6) is 1.22. The van der Waals surface area contributed by atoms with E-state index in [2.05, 4.69) is 34.6 Å². The van der Waals surface area contributed by atoms with Gasteiger partial charge in [0.05, 0.1) is 23.9 Å². The van der Waals surface area contributed by atoms with E-state index in [1.807, 2.05) is 0 Å². The van der Waals surface area contributed by atoms with Gasteiger partial charge in [-0.15, -0.1) is 0 Å². The first-order valence-corrected chi connectivity index (χ1v) is 5.80. The lowest BCUT2D eigenvalue weighted by molar-refractivity contribution is -0.179. The van der Waals surface area contributed by atoms with E-state index in [0.29, 0.717) is 17.9 Å². The van der Waals surface area contributed by atoms with Crippen molar-refractivity contribution in [2.75, 3.05) is 0 Å². The highest BCUT2D eigenvalue weighted by Crippen LogP contribution is 2.51. The number of fused-ring (bicyclic) bond motifs is 2. The first-order chi connectivity index (χ1) is 6.47. The lowest BCUT2D eigenvalue weighted by Gasteiger charge is -2.37. The van der Waals surface area contributed by atoms with Crippen LogP contribution in [0.3, 0.4) is 0 Å². The van der Waals surface area contributed by atoms with Gasteiger partial charge in [0.15, 0.2) is 0 Å². The third-order valence-corrected chi connectivity index (χ3v) is 3.91. The van der Waals surface area contributed by atoms with Gasteiger partial charge in [-0.2, -0.15) is 0 Å². The maximum absolute atomic E-state index is 6.16. The molecule has 14 heavy (non-hydrogen) atoms. The van der Waals surface area contributed by atoms with E-state index in [0.717, 1.165) is 6.42 Å².